The normalized spacial score (nSPS) is 10.7. The van der Waals surface area contributed by atoms with Crippen molar-refractivity contribution >= 4 is 5.69 Å². The van der Waals surface area contributed by atoms with E-state index in [4.69, 9.17) is 5.73 Å². The van der Waals surface area contributed by atoms with Gasteiger partial charge in [-0.2, -0.15) is 0 Å². The lowest BCUT2D eigenvalue weighted by Crippen LogP contribution is -3.00. The van der Waals surface area contributed by atoms with E-state index in [1.807, 2.05) is 18.2 Å². The van der Waals surface area contributed by atoms with Crippen molar-refractivity contribution in [3.63, 3.8) is 0 Å². The molecular formula is C10H17BrN2. The summed E-state index contributed by atoms with van der Waals surface area (Å²) in [5, 5.41) is 0. The monoisotopic (exact) mass is 244 g/mol. The first-order valence-electron chi connectivity index (χ1n) is 4.12. The van der Waals surface area contributed by atoms with Crippen LogP contribution in [0.15, 0.2) is 24.3 Å². The van der Waals surface area contributed by atoms with Gasteiger partial charge in [-0.1, -0.05) is 12.1 Å². The SMILES string of the molecule is C[N+](C)(C)Cc1cccc(N)c1.[Br-]. The number of nitrogens with two attached hydrogens (primary N) is 1. The minimum Gasteiger partial charge on any atom is -1.00 e. The summed E-state index contributed by atoms with van der Waals surface area (Å²) in [4.78, 5) is 0. The van der Waals surface area contributed by atoms with Crippen molar-refractivity contribution in [2.75, 3.05) is 26.9 Å². The molecule has 0 saturated heterocycles. The number of quaternary nitrogens is 1. The van der Waals surface area contributed by atoms with Crippen LogP contribution in [0.3, 0.4) is 0 Å². The molecule has 0 spiro atoms. The molecule has 0 aromatic heterocycles. The summed E-state index contributed by atoms with van der Waals surface area (Å²) in [6, 6.07) is 8.06. The first kappa shape index (κ1) is 12.5. The Morgan fingerprint density at radius 1 is 1.23 bits per heavy atom. The van der Waals surface area contributed by atoms with Gasteiger partial charge in [0.25, 0.3) is 0 Å². The molecule has 0 unspecified atom stereocenters. The fourth-order valence-corrected chi connectivity index (χ4v) is 1.24. The Labute approximate surface area is 90.7 Å². The topological polar surface area (TPSA) is 26.0 Å². The highest BCUT2D eigenvalue weighted by molar-refractivity contribution is 5.40. The highest BCUT2D eigenvalue weighted by Crippen LogP contribution is 2.10. The molecule has 0 bridgehead atoms. The number of nitrogens with zero attached hydrogens (tertiary/aromatic N) is 1. The second-order valence-electron chi connectivity index (χ2n) is 4.19. The van der Waals surface area contributed by atoms with Gasteiger partial charge in [-0.05, 0) is 12.1 Å². The summed E-state index contributed by atoms with van der Waals surface area (Å²) in [7, 11) is 6.51. The van der Waals surface area contributed by atoms with Crippen LogP contribution in [0.5, 0.6) is 0 Å². The molecule has 0 aliphatic heterocycles. The number of hydrogen-bond acceptors (Lipinski definition) is 1. The average molecular weight is 245 g/mol. The van der Waals surface area contributed by atoms with E-state index in [2.05, 4.69) is 27.2 Å². The molecular weight excluding hydrogens is 228 g/mol. The molecule has 13 heavy (non-hydrogen) atoms. The highest BCUT2D eigenvalue weighted by atomic mass is 79.9. The molecule has 0 atom stereocenters. The maximum Gasteiger partial charge on any atom is 0.104 e. The van der Waals surface area contributed by atoms with Crippen LogP contribution in [0.2, 0.25) is 0 Å². The van der Waals surface area contributed by atoms with Crippen molar-refractivity contribution in [1.82, 2.24) is 0 Å². The Hall–Kier alpha value is -0.540. The van der Waals surface area contributed by atoms with E-state index in [1.54, 1.807) is 0 Å². The standard InChI is InChI=1S/C10H17N2.BrH/c1-12(2,3)8-9-5-4-6-10(11)7-9;/h4-7H,8,11H2,1-3H3;1H/q+1;/p-1. The Morgan fingerprint density at radius 3 is 2.31 bits per heavy atom. The zero-order valence-corrected chi connectivity index (χ0v) is 10.0. The smallest absolute Gasteiger partial charge is 0.104 e. The second-order valence-corrected chi connectivity index (χ2v) is 4.19. The van der Waals surface area contributed by atoms with Crippen molar-refractivity contribution in [2.24, 2.45) is 0 Å². The summed E-state index contributed by atoms with van der Waals surface area (Å²) >= 11 is 0. The zero-order valence-electron chi connectivity index (χ0n) is 8.42. The largest absolute Gasteiger partial charge is 1.00 e. The summed E-state index contributed by atoms with van der Waals surface area (Å²) in [6.45, 7) is 1.02. The van der Waals surface area contributed by atoms with Crippen LogP contribution in [0.4, 0.5) is 5.69 Å². The van der Waals surface area contributed by atoms with Crippen LogP contribution < -0.4 is 22.7 Å². The lowest BCUT2D eigenvalue weighted by atomic mass is 10.2. The molecule has 2 nitrogen and oxygen atoms in total. The van der Waals surface area contributed by atoms with Gasteiger partial charge in [0.15, 0.2) is 0 Å². The van der Waals surface area contributed by atoms with Crippen LogP contribution in [0.25, 0.3) is 0 Å². The van der Waals surface area contributed by atoms with Crippen LogP contribution in [0.1, 0.15) is 5.56 Å². The number of hydrogen-bond donors (Lipinski definition) is 1. The predicted molar refractivity (Wildman–Crippen MR) is 52.6 cm³/mol. The van der Waals surface area contributed by atoms with Gasteiger partial charge in [0, 0.05) is 11.3 Å². The Balaban J connectivity index is 0.00000144. The third-order valence-electron chi connectivity index (χ3n) is 1.61. The minimum atomic E-state index is 0. The first-order valence-corrected chi connectivity index (χ1v) is 4.12. The number of anilines is 1. The third-order valence-corrected chi connectivity index (χ3v) is 1.61. The van der Waals surface area contributed by atoms with Gasteiger partial charge >= 0.3 is 0 Å². The molecule has 0 fully saturated rings. The van der Waals surface area contributed by atoms with E-state index in [9.17, 15) is 0 Å². The van der Waals surface area contributed by atoms with Crippen molar-refractivity contribution in [3.8, 4) is 0 Å². The molecule has 0 amide bonds. The van der Waals surface area contributed by atoms with Gasteiger partial charge < -0.3 is 27.2 Å². The molecule has 1 aromatic carbocycles. The molecule has 0 aliphatic carbocycles. The Morgan fingerprint density at radius 2 is 1.85 bits per heavy atom. The molecule has 0 heterocycles. The Bertz CT molecular complexity index is 266. The van der Waals surface area contributed by atoms with Crippen LogP contribution in [-0.2, 0) is 6.54 Å². The molecule has 0 aliphatic rings. The summed E-state index contributed by atoms with van der Waals surface area (Å²) in [5.74, 6) is 0. The van der Waals surface area contributed by atoms with Gasteiger partial charge in [0.1, 0.15) is 6.54 Å². The number of benzene rings is 1. The van der Waals surface area contributed by atoms with Crippen LogP contribution >= 0.6 is 0 Å². The van der Waals surface area contributed by atoms with E-state index in [0.29, 0.717) is 0 Å². The molecule has 0 radical (unpaired) electrons. The molecule has 74 valence electrons. The van der Waals surface area contributed by atoms with Crippen molar-refractivity contribution in [3.05, 3.63) is 29.8 Å². The van der Waals surface area contributed by atoms with Gasteiger partial charge in [0.2, 0.25) is 0 Å². The molecule has 3 heteroatoms. The van der Waals surface area contributed by atoms with Crippen molar-refractivity contribution in [2.45, 2.75) is 6.54 Å². The van der Waals surface area contributed by atoms with Crippen molar-refractivity contribution in [1.29, 1.82) is 0 Å². The minimum absolute atomic E-state index is 0. The third kappa shape index (κ3) is 4.90. The van der Waals surface area contributed by atoms with Crippen LogP contribution in [-0.4, -0.2) is 25.6 Å². The maximum atomic E-state index is 5.67. The average Bonchev–Trinajstić information content (AvgIpc) is 1.82. The lowest BCUT2D eigenvalue weighted by Gasteiger charge is -2.23. The Kier molecular flexibility index (Phi) is 4.44. The summed E-state index contributed by atoms with van der Waals surface area (Å²) in [5.41, 5.74) is 7.81. The zero-order chi connectivity index (χ0) is 9.19. The fraction of sp³-hybridized carbons (Fsp3) is 0.400. The van der Waals surface area contributed by atoms with E-state index in [0.717, 1.165) is 16.7 Å². The van der Waals surface area contributed by atoms with Gasteiger partial charge in [-0.25, -0.2) is 0 Å². The molecule has 1 aromatic rings. The fourth-order valence-electron chi connectivity index (χ4n) is 1.24. The number of rotatable bonds is 2. The van der Waals surface area contributed by atoms with E-state index >= 15 is 0 Å². The first-order chi connectivity index (χ1) is 5.47. The van der Waals surface area contributed by atoms with E-state index in [-0.39, 0.29) is 17.0 Å². The number of halogens is 1. The highest BCUT2D eigenvalue weighted by Gasteiger charge is 2.07. The van der Waals surface area contributed by atoms with Crippen molar-refractivity contribution < 1.29 is 21.5 Å². The molecule has 2 N–H and O–H groups in total. The van der Waals surface area contributed by atoms with Gasteiger partial charge in [0.05, 0.1) is 21.1 Å². The predicted octanol–water partition coefficient (Wildman–Crippen LogP) is -1.52. The molecule has 1 rings (SSSR count). The van der Waals surface area contributed by atoms with E-state index < -0.39 is 0 Å². The van der Waals surface area contributed by atoms with E-state index in [1.165, 1.54) is 5.56 Å². The molecule has 0 saturated carbocycles. The van der Waals surface area contributed by atoms with Crippen LogP contribution in [0, 0.1) is 0 Å². The summed E-state index contributed by atoms with van der Waals surface area (Å²) in [6.07, 6.45) is 0. The number of nitrogen functional groups attached to an aromatic ring is 1. The summed E-state index contributed by atoms with van der Waals surface area (Å²) < 4.78 is 0.934. The van der Waals surface area contributed by atoms with Gasteiger partial charge in [-0.15, -0.1) is 0 Å². The lowest BCUT2D eigenvalue weighted by molar-refractivity contribution is -0.884. The maximum absolute atomic E-state index is 5.67. The second kappa shape index (κ2) is 4.63. The van der Waals surface area contributed by atoms with Gasteiger partial charge in [-0.3, -0.25) is 0 Å². The quantitative estimate of drug-likeness (QED) is 0.497.